The Kier molecular flexibility index (Phi) is 5.08. The number of ether oxygens (including phenoxy) is 1. The number of urea groups is 1. The summed E-state index contributed by atoms with van der Waals surface area (Å²) in [5.41, 5.74) is 0.982. The Morgan fingerprint density at radius 2 is 2.09 bits per heavy atom. The van der Waals surface area contributed by atoms with Crippen molar-refractivity contribution in [1.82, 2.24) is 10.2 Å². The van der Waals surface area contributed by atoms with E-state index in [1.54, 1.807) is 24.3 Å². The van der Waals surface area contributed by atoms with Crippen molar-refractivity contribution in [3.63, 3.8) is 0 Å². The van der Waals surface area contributed by atoms with E-state index >= 15 is 0 Å². The number of imide groups is 1. The molecule has 3 amide bonds. The third kappa shape index (κ3) is 3.60. The van der Waals surface area contributed by atoms with Gasteiger partial charge in [-0.2, -0.15) is 0 Å². The van der Waals surface area contributed by atoms with Crippen molar-refractivity contribution in [3.8, 4) is 5.75 Å². The van der Waals surface area contributed by atoms with Crippen LogP contribution in [0.15, 0.2) is 23.9 Å². The zero-order valence-electron chi connectivity index (χ0n) is 12.9. The van der Waals surface area contributed by atoms with Crippen LogP contribution >= 0.6 is 11.6 Å². The molecular weight excluding hydrogens is 304 g/mol. The predicted octanol–water partition coefficient (Wildman–Crippen LogP) is 3.43. The molecule has 0 saturated carbocycles. The molecule has 5 nitrogen and oxygen atoms in total. The Morgan fingerprint density at radius 1 is 1.36 bits per heavy atom. The van der Waals surface area contributed by atoms with Crippen LogP contribution in [-0.4, -0.2) is 29.5 Å². The fourth-order valence-corrected chi connectivity index (χ4v) is 2.35. The Labute approximate surface area is 134 Å². The maximum atomic E-state index is 12.1. The van der Waals surface area contributed by atoms with Crippen LogP contribution < -0.4 is 10.1 Å². The number of carbonyl (C=O) groups is 2. The maximum absolute atomic E-state index is 12.1. The molecule has 1 aliphatic heterocycles. The molecule has 6 heteroatoms. The minimum absolute atomic E-state index is 0.0278. The van der Waals surface area contributed by atoms with E-state index in [1.807, 2.05) is 20.8 Å². The molecule has 0 bridgehead atoms. The number of hydrogen-bond acceptors (Lipinski definition) is 3. The van der Waals surface area contributed by atoms with Gasteiger partial charge in [-0.15, -0.1) is 0 Å². The SMILES string of the molecule is CCCN1C(=O)N/C(=C/c2ccc(OC(C)C)c(Cl)c2)C1=O. The molecule has 1 N–H and O–H groups in total. The van der Waals surface area contributed by atoms with Crippen LogP contribution in [0.2, 0.25) is 5.02 Å². The van der Waals surface area contributed by atoms with E-state index in [0.29, 0.717) is 17.3 Å². The molecule has 1 saturated heterocycles. The number of amides is 3. The molecule has 1 aromatic carbocycles. The smallest absolute Gasteiger partial charge is 0.329 e. The predicted molar refractivity (Wildman–Crippen MR) is 85.7 cm³/mol. The summed E-state index contributed by atoms with van der Waals surface area (Å²) in [5, 5.41) is 3.04. The van der Waals surface area contributed by atoms with Crippen molar-refractivity contribution in [2.75, 3.05) is 6.54 Å². The Morgan fingerprint density at radius 3 is 2.68 bits per heavy atom. The van der Waals surface area contributed by atoms with Crippen molar-refractivity contribution >= 4 is 29.6 Å². The Hall–Kier alpha value is -2.01. The molecule has 0 aromatic heterocycles. The zero-order chi connectivity index (χ0) is 16.3. The Balaban J connectivity index is 2.21. The zero-order valence-corrected chi connectivity index (χ0v) is 13.6. The fraction of sp³-hybridized carbons (Fsp3) is 0.375. The second-order valence-corrected chi connectivity index (χ2v) is 5.71. The van der Waals surface area contributed by atoms with Gasteiger partial charge in [-0.1, -0.05) is 24.6 Å². The van der Waals surface area contributed by atoms with E-state index in [4.69, 9.17) is 16.3 Å². The summed E-state index contributed by atoms with van der Waals surface area (Å²) in [4.78, 5) is 25.0. The minimum Gasteiger partial charge on any atom is -0.489 e. The van der Waals surface area contributed by atoms with E-state index in [2.05, 4.69) is 5.32 Å². The Bertz CT molecular complexity index is 626. The number of halogens is 1. The van der Waals surface area contributed by atoms with Crippen LogP contribution in [0, 0.1) is 0 Å². The van der Waals surface area contributed by atoms with Crippen LogP contribution in [0.25, 0.3) is 6.08 Å². The number of carbonyl (C=O) groups excluding carboxylic acids is 2. The van der Waals surface area contributed by atoms with Crippen molar-refractivity contribution in [1.29, 1.82) is 0 Å². The number of benzene rings is 1. The van der Waals surface area contributed by atoms with Gasteiger partial charge in [0.2, 0.25) is 0 Å². The molecule has 0 aliphatic carbocycles. The number of rotatable bonds is 5. The lowest BCUT2D eigenvalue weighted by atomic mass is 10.2. The first kappa shape index (κ1) is 16.4. The third-order valence-electron chi connectivity index (χ3n) is 3.04. The van der Waals surface area contributed by atoms with Gasteiger partial charge >= 0.3 is 6.03 Å². The van der Waals surface area contributed by atoms with Crippen LogP contribution in [-0.2, 0) is 4.79 Å². The largest absolute Gasteiger partial charge is 0.489 e. The maximum Gasteiger partial charge on any atom is 0.329 e. The molecule has 0 spiro atoms. The minimum atomic E-state index is -0.385. The lowest BCUT2D eigenvalue weighted by Gasteiger charge is -2.11. The van der Waals surface area contributed by atoms with Gasteiger partial charge in [-0.3, -0.25) is 9.69 Å². The van der Waals surface area contributed by atoms with E-state index in [9.17, 15) is 9.59 Å². The van der Waals surface area contributed by atoms with E-state index < -0.39 is 0 Å². The first-order valence-electron chi connectivity index (χ1n) is 7.23. The normalized spacial score (nSPS) is 16.6. The van der Waals surface area contributed by atoms with Gasteiger partial charge in [0.1, 0.15) is 11.4 Å². The van der Waals surface area contributed by atoms with Crippen LogP contribution in [0.1, 0.15) is 32.8 Å². The standard InChI is InChI=1S/C16H19ClN2O3/c1-4-7-19-15(20)13(18-16(19)21)9-11-5-6-14(12(17)8-11)22-10(2)3/h5-6,8-10H,4,7H2,1-3H3,(H,18,21)/b13-9+. The monoisotopic (exact) mass is 322 g/mol. The number of hydrogen-bond donors (Lipinski definition) is 1. The summed E-state index contributed by atoms with van der Waals surface area (Å²) < 4.78 is 5.56. The van der Waals surface area contributed by atoms with Crippen molar-refractivity contribution in [2.45, 2.75) is 33.3 Å². The quantitative estimate of drug-likeness (QED) is 0.667. The summed E-state index contributed by atoms with van der Waals surface area (Å²) in [6.07, 6.45) is 2.36. The highest BCUT2D eigenvalue weighted by Gasteiger charge is 2.32. The first-order valence-corrected chi connectivity index (χ1v) is 7.61. The summed E-state index contributed by atoms with van der Waals surface area (Å²) in [6.45, 7) is 6.15. The first-order chi connectivity index (χ1) is 10.4. The van der Waals surface area contributed by atoms with Gasteiger partial charge < -0.3 is 10.1 Å². The van der Waals surface area contributed by atoms with Crippen molar-refractivity contribution in [2.24, 2.45) is 0 Å². The highest BCUT2D eigenvalue weighted by atomic mass is 35.5. The van der Waals surface area contributed by atoms with Crippen molar-refractivity contribution < 1.29 is 14.3 Å². The second kappa shape index (κ2) is 6.83. The topological polar surface area (TPSA) is 58.6 Å². The molecule has 1 aromatic rings. The van der Waals surface area contributed by atoms with E-state index in [0.717, 1.165) is 12.0 Å². The number of nitrogens with one attached hydrogen (secondary N) is 1. The van der Waals surface area contributed by atoms with E-state index in [-0.39, 0.29) is 23.7 Å². The molecule has 0 radical (unpaired) electrons. The molecule has 22 heavy (non-hydrogen) atoms. The molecule has 0 unspecified atom stereocenters. The fourth-order valence-electron chi connectivity index (χ4n) is 2.12. The van der Waals surface area contributed by atoms with Crippen LogP contribution in [0.5, 0.6) is 5.75 Å². The lowest BCUT2D eigenvalue weighted by molar-refractivity contribution is -0.122. The molecule has 1 aliphatic rings. The van der Waals surface area contributed by atoms with Gasteiger partial charge in [-0.05, 0) is 44.0 Å². The van der Waals surface area contributed by atoms with Gasteiger partial charge in [0.05, 0.1) is 11.1 Å². The highest BCUT2D eigenvalue weighted by Crippen LogP contribution is 2.27. The van der Waals surface area contributed by atoms with Gasteiger partial charge in [0, 0.05) is 6.54 Å². The summed E-state index contributed by atoms with van der Waals surface area (Å²) in [6, 6.07) is 4.86. The van der Waals surface area contributed by atoms with Gasteiger partial charge in [0.25, 0.3) is 5.91 Å². The van der Waals surface area contributed by atoms with E-state index in [1.165, 1.54) is 4.90 Å². The van der Waals surface area contributed by atoms with Gasteiger partial charge in [-0.25, -0.2) is 4.79 Å². The van der Waals surface area contributed by atoms with Crippen LogP contribution in [0.4, 0.5) is 4.79 Å². The molecular formula is C16H19ClN2O3. The van der Waals surface area contributed by atoms with Gasteiger partial charge in [0.15, 0.2) is 0 Å². The lowest BCUT2D eigenvalue weighted by Crippen LogP contribution is -2.31. The molecule has 2 rings (SSSR count). The second-order valence-electron chi connectivity index (χ2n) is 5.30. The highest BCUT2D eigenvalue weighted by molar-refractivity contribution is 6.32. The molecule has 0 atom stereocenters. The average molecular weight is 323 g/mol. The molecule has 1 fully saturated rings. The van der Waals surface area contributed by atoms with Crippen molar-refractivity contribution in [3.05, 3.63) is 34.5 Å². The third-order valence-corrected chi connectivity index (χ3v) is 3.33. The number of nitrogens with zero attached hydrogens (tertiary/aromatic N) is 1. The summed E-state index contributed by atoms with van der Waals surface area (Å²) >= 11 is 6.17. The molecule has 1 heterocycles. The van der Waals surface area contributed by atoms with Crippen LogP contribution in [0.3, 0.4) is 0 Å². The summed E-state index contributed by atoms with van der Waals surface area (Å²) in [7, 11) is 0. The average Bonchev–Trinajstić information content (AvgIpc) is 2.70. The molecule has 118 valence electrons. The summed E-state index contributed by atoms with van der Waals surface area (Å²) in [5.74, 6) is 0.277.